The van der Waals surface area contributed by atoms with Gasteiger partial charge in [-0.1, -0.05) is 36.4 Å². The van der Waals surface area contributed by atoms with Crippen molar-refractivity contribution in [2.24, 2.45) is 0 Å². The topological polar surface area (TPSA) is 46.3 Å². The zero-order valence-electron chi connectivity index (χ0n) is 11.5. The minimum absolute atomic E-state index is 0.112. The van der Waals surface area contributed by atoms with Gasteiger partial charge in [-0.25, -0.2) is 0 Å². The molecule has 1 amide bonds. The molecule has 0 aromatic heterocycles. The highest BCUT2D eigenvalue weighted by atomic mass is 32.2. The second kappa shape index (κ2) is 7.01. The van der Waals surface area contributed by atoms with Gasteiger partial charge in [0.15, 0.2) is 0 Å². The van der Waals surface area contributed by atoms with Crippen LogP contribution in [-0.4, -0.2) is 23.6 Å². The third-order valence-electron chi connectivity index (χ3n) is 2.91. The van der Waals surface area contributed by atoms with E-state index in [1.807, 2.05) is 61.6 Å². The molecule has 0 atom stereocenters. The molecule has 4 heteroatoms. The van der Waals surface area contributed by atoms with Gasteiger partial charge in [0.1, 0.15) is 0 Å². The van der Waals surface area contributed by atoms with Crippen LogP contribution in [0.25, 0.3) is 0 Å². The lowest BCUT2D eigenvalue weighted by atomic mass is 10.2. The van der Waals surface area contributed by atoms with Gasteiger partial charge in [-0.3, -0.25) is 4.79 Å². The van der Waals surface area contributed by atoms with Crippen LogP contribution in [0.2, 0.25) is 0 Å². The van der Waals surface area contributed by atoms with E-state index < -0.39 is 0 Å². The fourth-order valence-electron chi connectivity index (χ4n) is 1.81. The van der Waals surface area contributed by atoms with Crippen LogP contribution < -0.4 is 5.73 Å². The summed E-state index contributed by atoms with van der Waals surface area (Å²) in [4.78, 5) is 14.8. The number of carbonyl (C=O) groups is 1. The minimum Gasteiger partial charge on any atom is -0.399 e. The zero-order valence-corrected chi connectivity index (χ0v) is 12.3. The summed E-state index contributed by atoms with van der Waals surface area (Å²) in [5.74, 6) is 0.536. The first-order valence-electron chi connectivity index (χ1n) is 6.41. The number of nitrogens with two attached hydrogens (primary N) is 1. The zero-order chi connectivity index (χ0) is 14.4. The van der Waals surface area contributed by atoms with Crippen LogP contribution in [0.15, 0.2) is 59.5 Å². The summed E-state index contributed by atoms with van der Waals surface area (Å²) in [6.07, 6.45) is 0. The van der Waals surface area contributed by atoms with E-state index in [-0.39, 0.29) is 5.91 Å². The van der Waals surface area contributed by atoms with E-state index in [0.717, 1.165) is 16.1 Å². The predicted octanol–water partition coefficient (Wildman–Crippen LogP) is 3.02. The van der Waals surface area contributed by atoms with Crippen molar-refractivity contribution in [3.63, 3.8) is 0 Å². The lowest BCUT2D eigenvalue weighted by Crippen LogP contribution is -2.27. The van der Waals surface area contributed by atoms with Crippen molar-refractivity contribution in [3.05, 3.63) is 60.2 Å². The van der Waals surface area contributed by atoms with Crippen LogP contribution in [0, 0.1) is 0 Å². The third-order valence-corrected chi connectivity index (χ3v) is 3.89. The Morgan fingerprint density at radius 1 is 1.15 bits per heavy atom. The van der Waals surface area contributed by atoms with Crippen LogP contribution in [0.5, 0.6) is 0 Å². The van der Waals surface area contributed by atoms with Gasteiger partial charge in [0.05, 0.1) is 5.75 Å². The van der Waals surface area contributed by atoms with Gasteiger partial charge in [0.2, 0.25) is 5.91 Å². The summed E-state index contributed by atoms with van der Waals surface area (Å²) < 4.78 is 0. The molecular formula is C16H18N2OS. The Hall–Kier alpha value is -1.94. The van der Waals surface area contributed by atoms with E-state index in [4.69, 9.17) is 5.73 Å². The van der Waals surface area contributed by atoms with Gasteiger partial charge in [0.25, 0.3) is 0 Å². The summed E-state index contributed by atoms with van der Waals surface area (Å²) in [7, 11) is 1.83. The highest BCUT2D eigenvalue weighted by Gasteiger charge is 2.09. The van der Waals surface area contributed by atoms with Crippen LogP contribution in [-0.2, 0) is 11.3 Å². The van der Waals surface area contributed by atoms with Gasteiger partial charge >= 0.3 is 0 Å². The number of carbonyl (C=O) groups excluding carboxylic acids is 1. The molecule has 2 aromatic carbocycles. The SMILES string of the molecule is CN(Cc1ccccc1)C(=O)CSc1cccc(N)c1. The number of anilines is 1. The van der Waals surface area contributed by atoms with E-state index in [0.29, 0.717) is 12.3 Å². The molecule has 20 heavy (non-hydrogen) atoms. The Kier molecular flexibility index (Phi) is 5.07. The highest BCUT2D eigenvalue weighted by molar-refractivity contribution is 8.00. The first-order chi connectivity index (χ1) is 9.65. The number of amides is 1. The van der Waals surface area contributed by atoms with Crippen molar-refractivity contribution in [2.45, 2.75) is 11.4 Å². The van der Waals surface area contributed by atoms with Gasteiger partial charge in [-0.05, 0) is 23.8 Å². The molecule has 0 aliphatic carbocycles. The summed E-state index contributed by atoms with van der Waals surface area (Å²) >= 11 is 1.51. The van der Waals surface area contributed by atoms with Crippen molar-refractivity contribution < 1.29 is 4.79 Å². The average molecular weight is 286 g/mol. The van der Waals surface area contributed by atoms with Crippen LogP contribution in [0.4, 0.5) is 5.69 Å². The monoisotopic (exact) mass is 286 g/mol. The number of hydrogen-bond donors (Lipinski definition) is 1. The fourth-order valence-corrected chi connectivity index (χ4v) is 2.71. The molecule has 2 rings (SSSR count). The molecule has 0 aliphatic rings. The van der Waals surface area contributed by atoms with Crippen molar-refractivity contribution >= 4 is 23.4 Å². The molecule has 2 N–H and O–H groups in total. The van der Waals surface area contributed by atoms with E-state index in [2.05, 4.69) is 0 Å². The third kappa shape index (κ3) is 4.31. The largest absolute Gasteiger partial charge is 0.399 e. The lowest BCUT2D eigenvalue weighted by Gasteiger charge is -2.17. The molecule has 104 valence electrons. The molecule has 0 saturated heterocycles. The Balaban J connectivity index is 1.85. The number of nitrogens with zero attached hydrogens (tertiary/aromatic N) is 1. The van der Waals surface area contributed by atoms with Crippen LogP contribution in [0.3, 0.4) is 0 Å². The molecule has 3 nitrogen and oxygen atoms in total. The Bertz CT molecular complexity index is 572. The maximum atomic E-state index is 12.1. The van der Waals surface area contributed by atoms with Crippen molar-refractivity contribution in [2.75, 3.05) is 18.5 Å². The second-order valence-electron chi connectivity index (χ2n) is 4.60. The number of nitrogen functional groups attached to an aromatic ring is 1. The molecule has 0 aliphatic heterocycles. The molecule has 0 spiro atoms. The maximum Gasteiger partial charge on any atom is 0.232 e. The number of thioether (sulfide) groups is 1. The normalized spacial score (nSPS) is 10.2. The first-order valence-corrected chi connectivity index (χ1v) is 7.40. The first kappa shape index (κ1) is 14.5. The molecule has 2 aromatic rings. The molecular weight excluding hydrogens is 268 g/mol. The Morgan fingerprint density at radius 2 is 1.90 bits per heavy atom. The van der Waals surface area contributed by atoms with E-state index in [9.17, 15) is 4.79 Å². The molecule has 0 heterocycles. The van der Waals surface area contributed by atoms with Gasteiger partial charge < -0.3 is 10.6 Å². The van der Waals surface area contributed by atoms with E-state index in [1.54, 1.807) is 4.90 Å². The van der Waals surface area contributed by atoms with Gasteiger partial charge in [0, 0.05) is 24.2 Å². The summed E-state index contributed by atoms with van der Waals surface area (Å²) in [6, 6.07) is 17.6. The fraction of sp³-hybridized carbons (Fsp3) is 0.188. The number of rotatable bonds is 5. The highest BCUT2D eigenvalue weighted by Crippen LogP contribution is 2.20. The number of hydrogen-bond acceptors (Lipinski definition) is 3. The summed E-state index contributed by atoms with van der Waals surface area (Å²) in [5, 5.41) is 0. The van der Waals surface area contributed by atoms with Gasteiger partial charge in [-0.15, -0.1) is 11.8 Å². The quantitative estimate of drug-likeness (QED) is 0.679. The molecule has 0 unspecified atom stereocenters. The summed E-state index contributed by atoms with van der Waals surface area (Å²) in [5.41, 5.74) is 7.58. The molecule has 0 fully saturated rings. The van der Waals surface area contributed by atoms with Crippen LogP contribution in [0.1, 0.15) is 5.56 Å². The Morgan fingerprint density at radius 3 is 2.60 bits per heavy atom. The van der Waals surface area contributed by atoms with Crippen molar-refractivity contribution in [3.8, 4) is 0 Å². The minimum atomic E-state index is 0.112. The molecule has 0 bridgehead atoms. The number of benzene rings is 2. The van der Waals surface area contributed by atoms with Crippen molar-refractivity contribution in [1.82, 2.24) is 4.90 Å². The predicted molar refractivity (Wildman–Crippen MR) is 84.5 cm³/mol. The summed E-state index contributed by atoms with van der Waals surface area (Å²) in [6.45, 7) is 0.636. The maximum absolute atomic E-state index is 12.1. The second-order valence-corrected chi connectivity index (χ2v) is 5.65. The van der Waals surface area contributed by atoms with Crippen molar-refractivity contribution in [1.29, 1.82) is 0 Å². The molecule has 0 radical (unpaired) electrons. The average Bonchev–Trinajstić information content (AvgIpc) is 2.46. The van der Waals surface area contributed by atoms with Gasteiger partial charge in [-0.2, -0.15) is 0 Å². The van der Waals surface area contributed by atoms with Crippen LogP contribution >= 0.6 is 11.8 Å². The smallest absolute Gasteiger partial charge is 0.232 e. The van der Waals surface area contributed by atoms with E-state index in [1.165, 1.54) is 11.8 Å². The standard InChI is InChI=1S/C16H18N2OS/c1-18(11-13-6-3-2-4-7-13)16(19)12-20-15-9-5-8-14(17)10-15/h2-10H,11-12,17H2,1H3. The Labute approximate surface area is 123 Å². The molecule has 0 saturated carbocycles. The van der Waals surface area contributed by atoms with E-state index >= 15 is 0 Å². The lowest BCUT2D eigenvalue weighted by molar-refractivity contribution is -0.127.